The Morgan fingerprint density at radius 1 is 0.971 bits per heavy atom. The Morgan fingerprint density at radius 2 is 1.76 bits per heavy atom. The van der Waals surface area contributed by atoms with E-state index in [1.807, 2.05) is 11.8 Å². The quantitative estimate of drug-likeness (QED) is 0.249. The molecule has 5 nitrogen and oxygen atoms in total. The lowest BCUT2D eigenvalue weighted by Crippen LogP contribution is -2.29. The van der Waals surface area contributed by atoms with Crippen LogP contribution in [0.1, 0.15) is 38.7 Å². The van der Waals surface area contributed by atoms with Crippen molar-refractivity contribution in [2.45, 2.75) is 49.8 Å². The van der Waals surface area contributed by atoms with Crippen LogP contribution in [-0.2, 0) is 6.54 Å². The normalized spacial score (nSPS) is 14.0. The van der Waals surface area contributed by atoms with Crippen molar-refractivity contribution in [3.05, 3.63) is 65.5 Å². The molecule has 0 atom stereocenters. The zero-order chi connectivity index (χ0) is 23.3. The lowest BCUT2D eigenvalue weighted by atomic mass is 10.1. The van der Waals surface area contributed by atoms with Gasteiger partial charge in [0.25, 0.3) is 0 Å². The number of piperidine rings is 1. The van der Waals surface area contributed by atoms with Crippen LogP contribution in [0.25, 0.3) is 10.2 Å². The number of nitrogens with zero attached hydrogens (tertiary/aromatic N) is 3. The third-order valence-corrected chi connectivity index (χ3v) is 7.96. The van der Waals surface area contributed by atoms with Gasteiger partial charge in [0.15, 0.2) is 0 Å². The molecule has 4 aromatic rings. The van der Waals surface area contributed by atoms with E-state index in [4.69, 9.17) is 9.97 Å². The maximum Gasteiger partial charge on any atom is 0.229 e. The molecule has 1 saturated heterocycles. The molecule has 0 spiro atoms. The van der Waals surface area contributed by atoms with Crippen LogP contribution in [0.5, 0.6) is 0 Å². The fraction of sp³-hybridized carbons (Fsp3) is 0.333. The van der Waals surface area contributed by atoms with Gasteiger partial charge in [0.2, 0.25) is 5.95 Å². The van der Waals surface area contributed by atoms with Crippen molar-refractivity contribution < 1.29 is 0 Å². The van der Waals surface area contributed by atoms with Crippen LogP contribution in [-0.4, -0.2) is 28.3 Å². The molecule has 34 heavy (non-hydrogen) atoms. The zero-order valence-electron chi connectivity index (χ0n) is 19.8. The largest absolute Gasteiger partial charge is 0.372 e. The minimum Gasteiger partial charge on any atom is -0.372 e. The molecule has 0 saturated carbocycles. The van der Waals surface area contributed by atoms with Crippen molar-refractivity contribution in [1.82, 2.24) is 9.97 Å². The maximum atomic E-state index is 4.85. The monoisotopic (exact) mass is 489 g/mol. The smallest absolute Gasteiger partial charge is 0.229 e. The summed E-state index contributed by atoms with van der Waals surface area (Å²) in [5.74, 6) is 1.49. The third-order valence-electron chi connectivity index (χ3n) is 5.93. The summed E-state index contributed by atoms with van der Waals surface area (Å²) >= 11 is 3.57. The molecule has 2 aromatic heterocycles. The number of thioether (sulfide) groups is 1. The Bertz CT molecular complexity index is 1230. The Labute approximate surface area is 210 Å². The number of anilines is 4. The molecular formula is C27H31N5S2. The summed E-state index contributed by atoms with van der Waals surface area (Å²) in [4.78, 5) is 13.4. The minimum absolute atomic E-state index is 0.543. The molecule has 0 bridgehead atoms. The van der Waals surface area contributed by atoms with Gasteiger partial charge in [-0.15, -0.1) is 23.1 Å². The number of hydrogen-bond acceptors (Lipinski definition) is 7. The Balaban J connectivity index is 1.33. The van der Waals surface area contributed by atoms with E-state index in [0.717, 1.165) is 41.4 Å². The van der Waals surface area contributed by atoms with Crippen molar-refractivity contribution in [1.29, 1.82) is 0 Å². The standard InChI is InChI=1S/C27H31N5S2/c1-19(2)34-24-9-5-4-8-20(24)18-28-26-25-23(14-17-33-25)30-27(31-26)29-21-10-12-22(13-11-21)32-15-6-3-7-16-32/h4-5,8-14,17,19H,3,6-7,15-16,18H2,1-2H3,(H2,28,29,30,31). The van der Waals surface area contributed by atoms with E-state index in [1.54, 1.807) is 11.3 Å². The molecule has 176 valence electrons. The van der Waals surface area contributed by atoms with Crippen molar-refractivity contribution >= 4 is 56.5 Å². The van der Waals surface area contributed by atoms with E-state index in [0.29, 0.717) is 11.2 Å². The van der Waals surface area contributed by atoms with Crippen LogP contribution >= 0.6 is 23.1 Å². The molecule has 0 amide bonds. The van der Waals surface area contributed by atoms with E-state index in [-0.39, 0.29) is 0 Å². The average molecular weight is 490 g/mol. The zero-order valence-corrected chi connectivity index (χ0v) is 21.4. The van der Waals surface area contributed by atoms with Gasteiger partial charge in [-0.05, 0) is 66.6 Å². The van der Waals surface area contributed by atoms with E-state index in [1.165, 1.54) is 35.4 Å². The summed E-state index contributed by atoms with van der Waals surface area (Å²) < 4.78 is 1.08. The maximum absolute atomic E-state index is 4.85. The van der Waals surface area contributed by atoms with Gasteiger partial charge in [-0.2, -0.15) is 4.98 Å². The molecule has 0 radical (unpaired) electrons. The van der Waals surface area contributed by atoms with Gasteiger partial charge in [0.05, 0.1) is 10.2 Å². The first kappa shape index (κ1) is 23.0. The van der Waals surface area contributed by atoms with Crippen molar-refractivity contribution in [2.24, 2.45) is 0 Å². The summed E-state index contributed by atoms with van der Waals surface area (Å²) in [5, 5.41) is 9.61. The van der Waals surface area contributed by atoms with Gasteiger partial charge in [-0.25, -0.2) is 4.98 Å². The minimum atomic E-state index is 0.543. The lowest BCUT2D eigenvalue weighted by Gasteiger charge is -2.28. The molecule has 1 aliphatic rings. The molecule has 2 aromatic carbocycles. The fourth-order valence-corrected chi connectivity index (χ4v) is 6.03. The van der Waals surface area contributed by atoms with Crippen molar-refractivity contribution in [2.75, 3.05) is 28.6 Å². The summed E-state index contributed by atoms with van der Waals surface area (Å²) in [6, 6.07) is 19.3. The van der Waals surface area contributed by atoms with Crippen molar-refractivity contribution in [3.8, 4) is 0 Å². The summed E-state index contributed by atoms with van der Waals surface area (Å²) in [5.41, 5.74) is 4.53. The summed E-state index contributed by atoms with van der Waals surface area (Å²) in [7, 11) is 0. The number of aromatic nitrogens is 2. The Hall–Kier alpha value is -2.77. The van der Waals surface area contributed by atoms with Gasteiger partial charge in [-0.3, -0.25) is 0 Å². The van der Waals surface area contributed by atoms with E-state index < -0.39 is 0 Å². The van der Waals surface area contributed by atoms with E-state index in [2.05, 4.69) is 89.4 Å². The number of rotatable bonds is 8. The van der Waals surface area contributed by atoms with Gasteiger partial charge in [0, 0.05) is 41.2 Å². The molecule has 7 heteroatoms. The van der Waals surface area contributed by atoms with E-state index >= 15 is 0 Å². The molecule has 0 unspecified atom stereocenters. The van der Waals surface area contributed by atoms with Gasteiger partial charge in [0.1, 0.15) is 5.82 Å². The Kier molecular flexibility index (Phi) is 7.21. The highest BCUT2D eigenvalue weighted by Crippen LogP contribution is 2.31. The van der Waals surface area contributed by atoms with E-state index in [9.17, 15) is 0 Å². The summed E-state index contributed by atoms with van der Waals surface area (Å²) in [6.45, 7) is 7.48. The average Bonchev–Trinajstić information content (AvgIpc) is 3.33. The van der Waals surface area contributed by atoms with Gasteiger partial charge in [-0.1, -0.05) is 32.0 Å². The molecule has 1 fully saturated rings. The number of nitrogens with one attached hydrogen (secondary N) is 2. The SMILES string of the molecule is CC(C)Sc1ccccc1CNc1nc(Nc2ccc(N3CCCCC3)cc2)nc2ccsc12. The van der Waals surface area contributed by atoms with Gasteiger partial charge < -0.3 is 15.5 Å². The summed E-state index contributed by atoms with van der Waals surface area (Å²) in [6.07, 6.45) is 3.91. The highest BCUT2D eigenvalue weighted by Gasteiger charge is 2.13. The lowest BCUT2D eigenvalue weighted by molar-refractivity contribution is 0.578. The van der Waals surface area contributed by atoms with Gasteiger partial charge >= 0.3 is 0 Å². The first-order chi connectivity index (χ1) is 16.7. The molecule has 5 rings (SSSR count). The molecule has 0 aliphatic carbocycles. The van der Waals surface area contributed by atoms with Crippen LogP contribution in [0, 0.1) is 0 Å². The molecule has 2 N–H and O–H groups in total. The first-order valence-corrected chi connectivity index (χ1v) is 13.8. The van der Waals surface area contributed by atoms with Crippen LogP contribution < -0.4 is 15.5 Å². The topological polar surface area (TPSA) is 53.1 Å². The second-order valence-corrected chi connectivity index (χ2v) is 11.4. The van der Waals surface area contributed by atoms with Crippen molar-refractivity contribution in [3.63, 3.8) is 0 Å². The number of thiophene rings is 1. The molecular weight excluding hydrogens is 458 g/mol. The second-order valence-electron chi connectivity index (χ2n) is 8.88. The van der Waals surface area contributed by atoms with Crippen LogP contribution in [0.3, 0.4) is 0 Å². The van der Waals surface area contributed by atoms with Crippen LogP contribution in [0.4, 0.5) is 23.1 Å². The molecule has 3 heterocycles. The van der Waals surface area contributed by atoms with Crippen LogP contribution in [0.2, 0.25) is 0 Å². The number of benzene rings is 2. The number of fused-ring (bicyclic) bond motifs is 1. The Morgan fingerprint density at radius 3 is 2.56 bits per heavy atom. The fourth-order valence-electron chi connectivity index (χ4n) is 4.27. The predicted octanol–water partition coefficient (Wildman–Crippen LogP) is 7.54. The molecule has 1 aliphatic heterocycles. The highest BCUT2D eigenvalue weighted by atomic mass is 32.2. The highest BCUT2D eigenvalue weighted by molar-refractivity contribution is 8.00. The van der Waals surface area contributed by atoms with Crippen LogP contribution in [0.15, 0.2) is 64.9 Å². The third kappa shape index (κ3) is 5.47. The first-order valence-electron chi connectivity index (χ1n) is 12.0. The number of hydrogen-bond donors (Lipinski definition) is 2. The second kappa shape index (κ2) is 10.7. The predicted molar refractivity (Wildman–Crippen MR) is 148 cm³/mol.